The number of aryl methyl sites for hydroxylation is 1. The molecule has 1 aromatic heterocycles. The summed E-state index contributed by atoms with van der Waals surface area (Å²) in [5, 5.41) is 2.22. The summed E-state index contributed by atoms with van der Waals surface area (Å²) in [7, 11) is 5.00. The van der Waals surface area contributed by atoms with Gasteiger partial charge in [-0.05, 0) is 24.6 Å². The quantitative estimate of drug-likeness (QED) is 0.790. The van der Waals surface area contributed by atoms with E-state index in [2.05, 4.69) is 11.1 Å². The summed E-state index contributed by atoms with van der Waals surface area (Å²) in [5.41, 5.74) is 3.09. The van der Waals surface area contributed by atoms with E-state index in [1.807, 2.05) is 25.1 Å². The molecule has 0 unspecified atom stereocenters. The zero-order valence-electron chi connectivity index (χ0n) is 12.0. The van der Waals surface area contributed by atoms with Crippen LogP contribution < -0.4 is 14.2 Å². The van der Waals surface area contributed by atoms with Crippen LogP contribution in [-0.2, 0) is 0 Å². The molecule has 0 saturated heterocycles. The lowest BCUT2D eigenvalue weighted by Crippen LogP contribution is -1.87. The van der Waals surface area contributed by atoms with Gasteiger partial charge in [0.15, 0.2) is 0 Å². The van der Waals surface area contributed by atoms with Crippen LogP contribution in [0, 0.1) is 6.92 Å². The molecule has 0 aliphatic rings. The van der Waals surface area contributed by atoms with Crippen LogP contribution >= 0.6 is 0 Å². The van der Waals surface area contributed by atoms with Gasteiger partial charge in [0.25, 0.3) is 0 Å². The number of fused-ring (bicyclic) bond motifs is 3. The molecule has 3 rings (SSSR count). The van der Waals surface area contributed by atoms with E-state index in [4.69, 9.17) is 14.2 Å². The molecule has 104 valence electrons. The van der Waals surface area contributed by atoms with E-state index in [1.54, 1.807) is 21.3 Å². The molecule has 0 bridgehead atoms. The smallest absolute Gasteiger partial charge is 0.146 e. The van der Waals surface area contributed by atoms with E-state index in [9.17, 15) is 0 Å². The van der Waals surface area contributed by atoms with Crippen LogP contribution in [0.4, 0.5) is 0 Å². The van der Waals surface area contributed by atoms with Crippen LogP contribution in [0.1, 0.15) is 5.56 Å². The van der Waals surface area contributed by atoms with Crippen LogP contribution in [0.15, 0.2) is 24.3 Å². The molecule has 20 heavy (non-hydrogen) atoms. The zero-order chi connectivity index (χ0) is 14.3. The van der Waals surface area contributed by atoms with Crippen molar-refractivity contribution in [1.29, 1.82) is 0 Å². The number of benzene rings is 2. The lowest BCUT2D eigenvalue weighted by atomic mass is 10.1. The van der Waals surface area contributed by atoms with Gasteiger partial charge < -0.3 is 19.2 Å². The average molecular weight is 271 g/mol. The third-order valence-electron chi connectivity index (χ3n) is 3.62. The van der Waals surface area contributed by atoms with E-state index in [-0.39, 0.29) is 0 Å². The van der Waals surface area contributed by atoms with Gasteiger partial charge in [0.05, 0.1) is 32.4 Å². The van der Waals surface area contributed by atoms with Gasteiger partial charge in [0.1, 0.15) is 17.2 Å². The number of hydrogen-bond donors (Lipinski definition) is 1. The Hall–Kier alpha value is -2.36. The van der Waals surface area contributed by atoms with Gasteiger partial charge in [-0.15, -0.1) is 0 Å². The number of methoxy groups -OCH3 is 3. The van der Waals surface area contributed by atoms with Gasteiger partial charge in [-0.1, -0.05) is 0 Å². The summed E-state index contributed by atoms with van der Waals surface area (Å²) < 4.78 is 16.2. The van der Waals surface area contributed by atoms with Crippen molar-refractivity contribution in [2.24, 2.45) is 0 Å². The number of H-pyrrole nitrogens is 1. The van der Waals surface area contributed by atoms with E-state index in [0.717, 1.165) is 44.6 Å². The maximum Gasteiger partial charge on any atom is 0.146 e. The second-order valence-electron chi connectivity index (χ2n) is 4.74. The van der Waals surface area contributed by atoms with Gasteiger partial charge in [0, 0.05) is 22.9 Å². The van der Waals surface area contributed by atoms with E-state index in [1.165, 1.54) is 0 Å². The van der Waals surface area contributed by atoms with Crippen molar-refractivity contribution in [3.63, 3.8) is 0 Å². The topological polar surface area (TPSA) is 43.5 Å². The van der Waals surface area contributed by atoms with Crippen LogP contribution in [-0.4, -0.2) is 26.3 Å². The molecule has 1 heterocycles. The van der Waals surface area contributed by atoms with Crippen molar-refractivity contribution < 1.29 is 14.2 Å². The lowest BCUT2D eigenvalue weighted by Gasteiger charge is -2.06. The minimum Gasteiger partial charge on any atom is -0.497 e. The average Bonchev–Trinajstić information content (AvgIpc) is 2.82. The molecule has 1 N–H and O–H groups in total. The fourth-order valence-electron chi connectivity index (χ4n) is 2.58. The van der Waals surface area contributed by atoms with E-state index >= 15 is 0 Å². The summed E-state index contributed by atoms with van der Waals surface area (Å²) >= 11 is 0. The molecule has 4 nitrogen and oxygen atoms in total. The minimum absolute atomic E-state index is 0.771. The molecule has 0 saturated carbocycles. The number of hydrogen-bond acceptors (Lipinski definition) is 3. The van der Waals surface area contributed by atoms with Crippen LogP contribution in [0.2, 0.25) is 0 Å². The molecule has 0 aliphatic heterocycles. The highest BCUT2D eigenvalue weighted by atomic mass is 16.5. The first-order chi connectivity index (χ1) is 9.67. The monoisotopic (exact) mass is 271 g/mol. The highest BCUT2D eigenvalue weighted by Gasteiger charge is 2.13. The predicted molar refractivity (Wildman–Crippen MR) is 80.2 cm³/mol. The summed E-state index contributed by atoms with van der Waals surface area (Å²) in [6, 6.07) is 8.02. The van der Waals surface area contributed by atoms with Crippen molar-refractivity contribution in [3.8, 4) is 17.2 Å². The first-order valence-corrected chi connectivity index (χ1v) is 6.40. The second-order valence-corrected chi connectivity index (χ2v) is 4.74. The highest BCUT2D eigenvalue weighted by molar-refractivity contribution is 6.10. The van der Waals surface area contributed by atoms with Crippen molar-refractivity contribution in [1.82, 2.24) is 4.98 Å². The summed E-state index contributed by atoms with van der Waals surface area (Å²) in [6.07, 6.45) is 0. The first-order valence-electron chi connectivity index (χ1n) is 6.40. The Labute approximate surface area is 117 Å². The van der Waals surface area contributed by atoms with Crippen molar-refractivity contribution >= 4 is 21.8 Å². The molecule has 0 aliphatic carbocycles. The third-order valence-corrected chi connectivity index (χ3v) is 3.62. The maximum absolute atomic E-state index is 5.44. The molecule has 0 radical (unpaired) electrons. The third kappa shape index (κ3) is 1.76. The Kier molecular flexibility index (Phi) is 2.93. The molecule has 2 aromatic carbocycles. The van der Waals surface area contributed by atoms with Crippen molar-refractivity contribution in [3.05, 3.63) is 29.8 Å². The minimum atomic E-state index is 0.771. The van der Waals surface area contributed by atoms with Gasteiger partial charge in [-0.2, -0.15) is 0 Å². The zero-order valence-corrected chi connectivity index (χ0v) is 12.0. The molecule has 4 heteroatoms. The Morgan fingerprint density at radius 1 is 0.800 bits per heavy atom. The number of aromatic amines is 1. The van der Waals surface area contributed by atoms with Crippen molar-refractivity contribution in [2.75, 3.05) is 21.3 Å². The van der Waals surface area contributed by atoms with E-state index in [0.29, 0.717) is 0 Å². The van der Waals surface area contributed by atoms with Gasteiger partial charge in [-0.25, -0.2) is 0 Å². The molecule has 0 spiro atoms. The Bertz CT molecular complexity index is 789. The van der Waals surface area contributed by atoms with Gasteiger partial charge >= 0.3 is 0 Å². The normalized spacial score (nSPS) is 11.0. The number of nitrogens with one attached hydrogen (secondary N) is 1. The summed E-state index contributed by atoms with van der Waals surface area (Å²) in [5.74, 6) is 2.42. The SMILES string of the molecule is COc1cc(OC)c2[nH]c3cc(OC)c(C)cc3c2c1. The van der Waals surface area contributed by atoms with Crippen LogP contribution in [0.25, 0.3) is 21.8 Å². The van der Waals surface area contributed by atoms with Gasteiger partial charge in [0.2, 0.25) is 0 Å². The summed E-state index contributed by atoms with van der Waals surface area (Å²) in [4.78, 5) is 3.39. The Morgan fingerprint density at radius 2 is 1.55 bits per heavy atom. The molecular weight excluding hydrogens is 254 g/mol. The number of rotatable bonds is 3. The molecular formula is C16H17NO3. The number of ether oxygens (including phenoxy) is 3. The van der Waals surface area contributed by atoms with E-state index < -0.39 is 0 Å². The first kappa shape index (κ1) is 12.7. The largest absolute Gasteiger partial charge is 0.497 e. The molecule has 0 fully saturated rings. The summed E-state index contributed by atoms with van der Waals surface area (Å²) in [6.45, 7) is 2.04. The van der Waals surface area contributed by atoms with Crippen LogP contribution in [0.3, 0.4) is 0 Å². The lowest BCUT2D eigenvalue weighted by molar-refractivity contribution is 0.397. The van der Waals surface area contributed by atoms with Gasteiger partial charge in [-0.3, -0.25) is 0 Å². The highest BCUT2D eigenvalue weighted by Crippen LogP contribution is 2.37. The second kappa shape index (κ2) is 4.63. The molecule has 0 atom stereocenters. The molecule has 3 aromatic rings. The Morgan fingerprint density at radius 3 is 2.20 bits per heavy atom. The maximum atomic E-state index is 5.44. The van der Waals surface area contributed by atoms with Crippen molar-refractivity contribution in [2.45, 2.75) is 6.92 Å². The van der Waals surface area contributed by atoms with Crippen LogP contribution in [0.5, 0.6) is 17.2 Å². The predicted octanol–water partition coefficient (Wildman–Crippen LogP) is 3.66. The standard InChI is InChI=1S/C16H17NO3/c1-9-5-11-12-6-10(18-2)7-15(20-4)16(12)17-13(11)8-14(9)19-3/h5-8,17H,1-4H3. The fourth-order valence-corrected chi connectivity index (χ4v) is 2.58. The Balaban J connectivity index is 2.42. The molecule has 0 amide bonds. The number of aromatic nitrogens is 1. The fraction of sp³-hybridized carbons (Fsp3) is 0.250.